The number of likely N-dealkylation sites (N-methyl/N-ethyl adjacent to an activating group) is 1. The summed E-state index contributed by atoms with van der Waals surface area (Å²) >= 11 is 1.36. The van der Waals surface area contributed by atoms with Crippen molar-refractivity contribution in [3.8, 4) is 5.75 Å². The maximum Gasteiger partial charge on any atom is 0.260 e. The van der Waals surface area contributed by atoms with Crippen LogP contribution in [0.25, 0.3) is 0 Å². The van der Waals surface area contributed by atoms with Gasteiger partial charge in [0.25, 0.3) is 11.8 Å². The minimum atomic E-state index is -0.221. The zero-order valence-electron chi connectivity index (χ0n) is 16.7. The van der Waals surface area contributed by atoms with Crippen LogP contribution in [0.5, 0.6) is 5.75 Å². The fourth-order valence-corrected chi connectivity index (χ4v) is 5.15. The normalized spacial score (nSPS) is 16.3. The monoisotopic (exact) mass is 429 g/mol. The van der Waals surface area contributed by atoms with Gasteiger partial charge in [-0.3, -0.25) is 19.3 Å². The summed E-state index contributed by atoms with van der Waals surface area (Å²) in [7, 11) is 1.61. The van der Waals surface area contributed by atoms with Gasteiger partial charge in [0, 0.05) is 25.0 Å². The second-order valence-electron chi connectivity index (χ2n) is 7.28. The molecule has 0 saturated heterocycles. The van der Waals surface area contributed by atoms with Gasteiger partial charge in [0.1, 0.15) is 17.3 Å². The summed E-state index contributed by atoms with van der Waals surface area (Å²) in [5, 5.41) is 9.97. The largest absolute Gasteiger partial charge is 0.484 e. The van der Waals surface area contributed by atoms with Crippen LogP contribution < -0.4 is 9.64 Å². The molecule has 1 aromatic carbocycles. The lowest BCUT2D eigenvalue weighted by atomic mass is 10.0. The van der Waals surface area contributed by atoms with Crippen molar-refractivity contribution in [2.75, 3.05) is 44.8 Å². The van der Waals surface area contributed by atoms with Crippen molar-refractivity contribution >= 4 is 34.1 Å². The number of anilines is 1. The van der Waals surface area contributed by atoms with Crippen LogP contribution in [0.1, 0.15) is 20.8 Å². The highest BCUT2D eigenvalue weighted by Crippen LogP contribution is 2.41. The van der Waals surface area contributed by atoms with E-state index < -0.39 is 0 Å². The molecule has 8 nitrogen and oxygen atoms in total. The molecule has 2 aliphatic heterocycles. The molecule has 2 aromatic rings. The molecule has 3 amide bonds. The summed E-state index contributed by atoms with van der Waals surface area (Å²) in [5.74, 6) is 0.0999. The van der Waals surface area contributed by atoms with Gasteiger partial charge >= 0.3 is 0 Å². The molecule has 9 heteroatoms. The lowest BCUT2D eigenvalue weighted by Gasteiger charge is -2.27. The number of aliphatic hydroxyl groups is 1. The molecule has 0 bridgehead atoms. The van der Waals surface area contributed by atoms with E-state index in [0.29, 0.717) is 35.8 Å². The van der Waals surface area contributed by atoms with E-state index in [-0.39, 0.29) is 44.0 Å². The van der Waals surface area contributed by atoms with Crippen molar-refractivity contribution < 1.29 is 24.2 Å². The van der Waals surface area contributed by atoms with Gasteiger partial charge in [0.2, 0.25) is 5.91 Å². The van der Waals surface area contributed by atoms with Gasteiger partial charge in [-0.2, -0.15) is 0 Å². The second-order valence-corrected chi connectivity index (χ2v) is 8.36. The zero-order valence-corrected chi connectivity index (χ0v) is 17.5. The number of ether oxygens (including phenoxy) is 1. The number of β-amino-alcohol motifs (C(OH)–C–C–N with tert-alkyl or cyclic N) is 1. The molecule has 0 saturated carbocycles. The molecule has 2 aliphatic rings. The van der Waals surface area contributed by atoms with Crippen LogP contribution >= 0.6 is 11.3 Å². The van der Waals surface area contributed by atoms with Gasteiger partial charge in [-0.1, -0.05) is 18.2 Å². The van der Waals surface area contributed by atoms with Crippen LogP contribution in [0.15, 0.2) is 30.3 Å². The van der Waals surface area contributed by atoms with E-state index >= 15 is 0 Å². The third kappa shape index (κ3) is 3.78. The fourth-order valence-electron chi connectivity index (χ4n) is 3.76. The molecular weight excluding hydrogens is 406 g/mol. The molecule has 0 aliphatic carbocycles. The summed E-state index contributed by atoms with van der Waals surface area (Å²) in [5.41, 5.74) is 1.43. The molecule has 3 heterocycles. The highest BCUT2D eigenvalue weighted by molar-refractivity contribution is 7.17. The number of thiophene rings is 1. The van der Waals surface area contributed by atoms with E-state index in [1.165, 1.54) is 21.1 Å². The highest BCUT2D eigenvalue weighted by Gasteiger charge is 2.37. The first-order valence-electron chi connectivity index (χ1n) is 9.76. The maximum atomic E-state index is 12.9. The van der Waals surface area contributed by atoms with Crippen LogP contribution in [0, 0.1) is 0 Å². The first kappa shape index (κ1) is 20.4. The zero-order chi connectivity index (χ0) is 21.3. The number of para-hydroxylation sites is 1. The number of rotatable bonds is 5. The van der Waals surface area contributed by atoms with Gasteiger partial charge in [-0.05, 0) is 24.1 Å². The molecule has 1 aromatic heterocycles. The van der Waals surface area contributed by atoms with Crippen molar-refractivity contribution in [1.29, 1.82) is 0 Å². The van der Waals surface area contributed by atoms with Crippen molar-refractivity contribution in [3.63, 3.8) is 0 Å². The van der Waals surface area contributed by atoms with Crippen LogP contribution in [0.2, 0.25) is 0 Å². The Bertz CT molecular complexity index is 975. The quantitative estimate of drug-likeness (QED) is 0.769. The molecule has 0 radical (unpaired) electrons. The number of fused-ring (bicyclic) bond motifs is 3. The molecule has 4 rings (SSSR count). The Kier molecular flexibility index (Phi) is 5.74. The lowest BCUT2D eigenvalue weighted by molar-refractivity contribution is -0.134. The number of carbonyl (C=O) groups is 3. The smallest absolute Gasteiger partial charge is 0.260 e. The number of carbonyl (C=O) groups excluding carboxylic acids is 3. The summed E-state index contributed by atoms with van der Waals surface area (Å²) in [4.78, 5) is 43.7. The summed E-state index contributed by atoms with van der Waals surface area (Å²) < 4.78 is 5.57. The third-order valence-electron chi connectivity index (χ3n) is 5.30. The predicted octanol–water partition coefficient (Wildman–Crippen LogP) is 1.12. The Morgan fingerprint density at radius 2 is 1.97 bits per heavy atom. The molecule has 158 valence electrons. The van der Waals surface area contributed by atoms with Crippen LogP contribution in [-0.4, -0.2) is 72.5 Å². The number of hydrogen-bond acceptors (Lipinski definition) is 6. The number of benzene rings is 1. The molecule has 0 atom stereocenters. The van der Waals surface area contributed by atoms with Crippen LogP contribution in [0.3, 0.4) is 0 Å². The van der Waals surface area contributed by atoms with E-state index in [0.717, 1.165) is 10.4 Å². The molecule has 0 fully saturated rings. The first-order chi connectivity index (χ1) is 14.5. The van der Waals surface area contributed by atoms with Gasteiger partial charge in [-0.25, -0.2) is 0 Å². The van der Waals surface area contributed by atoms with Crippen molar-refractivity contribution in [2.24, 2.45) is 0 Å². The predicted molar refractivity (Wildman–Crippen MR) is 112 cm³/mol. The fraction of sp³-hybridized carbons (Fsp3) is 0.381. The van der Waals surface area contributed by atoms with Crippen LogP contribution in [0.4, 0.5) is 5.00 Å². The summed E-state index contributed by atoms with van der Waals surface area (Å²) in [6.45, 7) is 0.741. The van der Waals surface area contributed by atoms with E-state index in [2.05, 4.69) is 0 Å². The van der Waals surface area contributed by atoms with E-state index in [4.69, 9.17) is 4.74 Å². The first-order valence-corrected chi connectivity index (χ1v) is 10.6. The van der Waals surface area contributed by atoms with Gasteiger partial charge < -0.3 is 19.6 Å². The van der Waals surface area contributed by atoms with Crippen LogP contribution in [-0.2, 0) is 22.6 Å². The number of aliphatic hydroxyl groups excluding tert-OH is 1. The Morgan fingerprint density at radius 3 is 2.70 bits per heavy atom. The average Bonchev–Trinajstić information content (AvgIpc) is 3.10. The average molecular weight is 429 g/mol. The number of nitrogens with zero attached hydrogens (tertiary/aromatic N) is 3. The summed E-state index contributed by atoms with van der Waals surface area (Å²) in [6.07, 6.45) is 0.541. The Labute approximate surface area is 178 Å². The molecular formula is C21H23N3O5S. The van der Waals surface area contributed by atoms with Gasteiger partial charge in [0.15, 0.2) is 6.61 Å². The number of amides is 3. The summed E-state index contributed by atoms with van der Waals surface area (Å²) in [6, 6.07) is 9.17. The van der Waals surface area contributed by atoms with Gasteiger partial charge in [0.05, 0.1) is 18.7 Å². The van der Waals surface area contributed by atoms with Gasteiger partial charge in [-0.15, -0.1) is 11.3 Å². The Balaban J connectivity index is 1.55. The molecule has 1 N–H and O–H groups in total. The minimum Gasteiger partial charge on any atom is -0.484 e. The molecule has 0 unspecified atom stereocenters. The second kappa shape index (κ2) is 8.45. The standard InChI is InChI=1S/C21H23N3O5S/c1-22-12-17(26)24(9-10-25)21-19(20(22)28)15-7-8-23(11-16(15)30-21)18(27)13-29-14-5-3-2-4-6-14/h2-6,25H,7-13H2,1H3. The molecule has 30 heavy (non-hydrogen) atoms. The topological polar surface area (TPSA) is 90.4 Å². The SMILES string of the molecule is CN1CC(=O)N(CCO)c2sc3c(c2C1=O)CCN(C(=O)COc1ccccc1)C3. The van der Waals surface area contributed by atoms with Crippen molar-refractivity contribution in [3.05, 3.63) is 46.3 Å². The Morgan fingerprint density at radius 1 is 1.20 bits per heavy atom. The highest BCUT2D eigenvalue weighted by atomic mass is 32.1. The van der Waals surface area contributed by atoms with Crippen molar-refractivity contribution in [1.82, 2.24) is 9.80 Å². The third-order valence-corrected chi connectivity index (χ3v) is 6.54. The maximum absolute atomic E-state index is 12.9. The van der Waals surface area contributed by atoms with E-state index in [1.54, 1.807) is 24.1 Å². The Hall–Kier alpha value is -2.91. The van der Waals surface area contributed by atoms with Crippen molar-refractivity contribution in [2.45, 2.75) is 13.0 Å². The number of hydrogen-bond donors (Lipinski definition) is 1. The minimum absolute atomic E-state index is 0.0174. The van der Waals surface area contributed by atoms with E-state index in [1.807, 2.05) is 18.2 Å². The molecule has 0 spiro atoms. The lowest BCUT2D eigenvalue weighted by Crippen LogP contribution is -2.39. The van der Waals surface area contributed by atoms with E-state index in [9.17, 15) is 19.5 Å².